The molecule has 2 atom stereocenters. The molecule has 0 amide bonds. The van der Waals surface area contributed by atoms with Gasteiger partial charge in [0, 0.05) is 24.3 Å². The highest BCUT2D eigenvalue weighted by atomic mass is 19.4. The topological polar surface area (TPSA) is 24.1 Å². The second-order valence-corrected chi connectivity index (χ2v) is 4.83. The first kappa shape index (κ1) is 13.2. The Kier molecular flexibility index (Phi) is 3.80. The van der Waals surface area contributed by atoms with Gasteiger partial charge in [-0.25, -0.2) is 0 Å². The molecule has 1 aromatic carbocycles. The van der Waals surface area contributed by atoms with Crippen molar-refractivity contribution >= 4 is 5.69 Å². The van der Waals surface area contributed by atoms with Crippen LogP contribution in [-0.2, 0) is 6.42 Å². The Hall–Kier alpha value is -1.23. The van der Waals surface area contributed by atoms with Crippen LogP contribution in [0.25, 0.3) is 0 Å². The zero-order chi connectivity index (χ0) is 13.2. The number of hydrogen-bond acceptors (Lipinski definition) is 2. The molecular weight excluding hydrogens is 241 g/mol. The van der Waals surface area contributed by atoms with Crippen molar-refractivity contribution in [2.45, 2.75) is 38.0 Å². The Morgan fingerprint density at radius 2 is 2.11 bits per heavy atom. The van der Waals surface area contributed by atoms with E-state index in [9.17, 15) is 13.2 Å². The Balaban J connectivity index is 1.77. The van der Waals surface area contributed by atoms with Crippen molar-refractivity contribution in [3.05, 3.63) is 29.8 Å². The first-order chi connectivity index (χ1) is 8.44. The van der Waals surface area contributed by atoms with E-state index in [1.165, 1.54) is 5.56 Å². The summed E-state index contributed by atoms with van der Waals surface area (Å²) in [5, 5.41) is 6.24. The molecule has 0 bridgehead atoms. The third-order valence-electron chi connectivity index (χ3n) is 3.09. The SMILES string of the molecule is CC(CC(F)(F)F)NC[C@@H]1Cc2ccccc2N1. The molecule has 0 aliphatic carbocycles. The van der Waals surface area contributed by atoms with Crippen LogP contribution in [0.3, 0.4) is 0 Å². The molecule has 2 N–H and O–H groups in total. The van der Waals surface area contributed by atoms with E-state index in [0.717, 1.165) is 12.1 Å². The summed E-state index contributed by atoms with van der Waals surface area (Å²) in [5.41, 5.74) is 2.32. The van der Waals surface area contributed by atoms with Gasteiger partial charge < -0.3 is 10.6 Å². The maximum atomic E-state index is 12.2. The van der Waals surface area contributed by atoms with Crippen LogP contribution < -0.4 is 10.6 Å². The molecule has 2 nitrogen and oxygen atoms in total. The van der Waals surface area contributed by atoms with E-state index in [-0.39, 0.29) is 6.04 Å². The van der Waals surface area contributed by atoms with Crippen molar-refractivity contribution in [3.63, 3.8) is 0 Å². The molecule has 1 aromatic rings. The third-order valence-corrected chi connectivity index (χ3v) is 3.09. The smallest absolute Gasteiger partial charge is 0.380 e. The van der Waals surface area contributed by atoms with E-state index in [1.54, 1.807) is 6.92 Å². The fourth-order valence-corrected chi connectivity index (χ4v) is 2.26. The van der Waals surface area contributed by atoms with E-state index < -0.39 is 18.6 Å². The van der Waals surface area contributed by atoms with Crippen LogP contribution >= 0.6 is 0 Å². The predicted octanol–water partition coefficient (Wildman–Crippen LogP) is 2.95. The van der Waals surface area contributed by atoms with E-state index >= 15 is 0 Å². The zero-order valence-electron chi connectivity index (χ0n) is 10.2. The quantitative estimate of drug-likeness (QED) is 0.867. The van der Waals surface area contributed by atoms with Gasteiger partial charge in [0.25, 0.3) is 0 Å². The van der Waals surface area contributed by atoms with Gasteiger partial charge in [-0.15, -0.1) is 0 Å². The molecule has 0 saturated carbocycles. The number of halogens is 3. The molecule has 0 saturated heterocycles. The van der Waals surface area contributed by atoms with Gasteiger partial charge in [0.05, 0.1) is 6.42 Å². The average Bonchev–Trinajstić information content (AvgIpc) is 2.66. The Labute approximate surface area is 105 Å². The molecule has 5 heteroatoms. The lowest BCUT2D eigenvalue weighted by molar-refractivity contribution is -0.139. The fourth-order valence-electron chi connectivity index (χ4n) is 2.26. The highest BCUT2D eigenvalue weighted by Crippen LogP contribution is 2.25. The van der Waals surface area contributed by atoms with Gasteiger partial charge in [-0.2, -0.15) is 13.2 Å². The van der Waals surface area contributed by atoms with E-state index in [2.05, 4.69) is 10.6 Å². The van der Waals surface area contributed by atoms with Crippen LogP contribution in [0, 0.1) is 0 Å². The normalized spacial score (nSPS) is 20.3. The Bertz CT molecular complexity index is 378. The van der Waals surface area contributed by atoms with Crippen LogP contribution in [0.4, 0.5) is 18.9 Å². The monoisotopic (exact) mass is 258 g/mol. The van der Waals surface area contributed by atoms with E-state index in [4.69, 9.17) is 0 Å². The maximum Gasteiger partial charge on any atom is 0.390 e. The Morgan fingerprint density at radius 1 is 1.39 bits per heavy atom. The third kappa shape index (κ3) is 3.63. The summed E-state index contributed by atoms with van der Waals surface area (Å²) in [5.74, 6) is 0. The molecule has 0 fully saturated rings. The number of alkyl halides is 3. The van der Waals surface area contributed by atoms with Crippen molar-refractivity contribution in [3.8, 4) is 0 Å². The fraction of sp³-hybridized carbons (Fsp3) is 0.538. The molecule has 1 unspecified atom stereocenters. The largest absolute Gasteiger partial charge is 0.390 e. The van der Waals surface area contributed by atoms with E-state index in [1.807, 2.05) is 24.3 Å². The maximum absolute atomic E-state index is 12.2. The summed E-state index contributed by atoms with van der Waals surface area (Å²) >= 11 is 0. The minimum absolute atomic E-state index is 0.179. The van der Waals surface area contributed by atoms with Crippen LogP contribution in [0.1, 0.15) is 18.9 Å². The van der Waals surface area contributed by atoms with Crippen molar-refractivity contribution < 1.29 is 13.2 Å². The zero-order valence-corrected chi connectivity index (χ0v) is 10.2. The molecule has 0 radical (unpaired) electrons. The summed E-state index contributed by atoms with van der Waals surface area (Å²) in [6, 6.07) is 7.60. The number of anilines is 1. The summed E-state index contributed by atoms with van der Waals surface area (Å²) in [4.78, 5) is 0. The first-order valence-electron chi connectivity index (χ1n) is 6.08. The van der Waals surface area contributed by atoms with E-state index in [0.29, 0.717) is 6.54 Å². The molecule has 0 aromatic heterocycles. The highest BCUT2D eigenvalue weighted by Gasteiger charge is 2.30. The summed E-state index contributed by atoms with van der Waals surface area (Å²) in [6.45, 7) is 2.11. The van der Waals surface area contributed by atoms with Gasteiger partial charge in [0.1, 0.15) is 0 Å². The molecule has 18 heavy (non-hydrogen) atoms. The molecule has 1 aliphatic heterocycles. The van der Waals surface area contributed by atoms with Gasteiger partial charge in [-0.05, 0) is 25.0 Å². The lowest BCUT2D eigenvalue weighted by atomic mass is 10.1. The standard InChI is InChI=1S/C13H17F3N2/c1-9(7-13(14,15)16)17-8-11-6-10-4-2-3-5-12(10)18-11/h2-5,9,11,17-18H,6-8H2,1H3/t9?,11-/m0/s1. The molecule has 2 rings (SSSR count). The summed E-state index contributed by atoms with van der Waals surface area (Å²) in [7, 11) is 0. The summed E-state index contributed by atoms with van der Waals surface area (Å²) in [6.07, 6.45) is -4.02. The average molecular weight is 258 g/mol. The Morgan fingerprint density at radius 3 is 2.78 bits per heavy atom. The van der Waals surface area contributed by atoms with Crippen molar-refractivity contribution in [2.75, 3.05) is 11.9 Å². The molecule has 1 aliphatic rings. The van der Waals surface area contributed by atoms with Crippen LogP contribution in [0.15, 0.2) is 24.3 Å². The second-order valence-electron chi connectivity index (χ2n) is 4.83. The summed E-state index contributed by atoms with van der Waals surface area (Å²) < 4.78 is 36.5. The number of rotatable bonds is 4. The molecule has 100 valence electrons. The van der Waals surface area contributed by atoms with Crippen molar-refractivity contribution in [1.82, 2.24) is 5.32 Å². The van der Waals surface area contributed by atoms with Gasteiger partial charge in [-0.1, -0.05) is 18.2 Å². The van der Waals surface area contributed by atoms with Crippen LogP contribution in [0.5, 0.6) is 0 Å². The number of fused-ring (bicyclic) bond motifs is 1. The highest BCUT2D eigenvalue weighted by molar-refractivity contribution is 5.56. The van der Waals surface area contributed by atoms with Crippen molar-refractivity contribution in [1.29, 1.82) is 0 Å². The van der Waals surface area contributed by atoms with Crippen LogP contribution in [0.2, 0.25) is 0 Å². The van der Waals surface area contributed by atoms with Gasteiger partial charge in [0.2, 0.25) is 0 Å². The minimum Gasteiger partial charge on any atom is -0.380 e. The minimum atomic E-state index is -4.10. The number of para-hydroxylation sites is 1. The number of hydrogen-bond donors (Lipinski definition) is 2. The van der Waals surface area contributed by atoms with Gasteiger partial charge >= 0.3 is 6.18 Å². The van der Waals surface area contributed by atoms with Gasteiger partial charge in [-0.3, -0.25) is 0 Å². The molecular formula is C13H17F3N2. The van der Waals surface area contributed by atoms with Crippen LogP contribution in [-0.4, -0.2) is 24.8 Å². The second kappa shape index (κ2) is 5.18. The lowest BCUT2D eigenvalue weighted by Gasteiger charge is -2.19. The predicted molar refractivity (Wildman–Crippen MR) is 65.7 cm³/mol. The molecule has 1 heterocycles. The molecule has 0 spiro atoms. The number of benzene rings is 1. The van der Waals surface area contributed by atoms with Crippen molar-refractivity contribution in [2.24, 2.45) is 0 Å². The number of nitrogens with one attached hydrogen (secondary N) is 2. The van der Waals surface area contributed by atoms with Gasteiger partial charge in [0.15, 0.2) is 0 Å². The first-order valence-corrected chi connectivity index (χ1v) is 6.08. The lowest BCUT2D eigenvalue weighted by Crippen LogP contribution is -2.38.